The van der Waals surface area contributed by atoms with Crippen LogP contribution in [0.25, 0.3) is 11.1 Å². The Labute approximate surface area is 114 Å². The number of hydrogen-bond acceptors (Lipinski definition) is 3. The lowest BCUT2D eigenvalue weighted by molar-refractivity contribution is 0.477. The lowest BCUT2D eigenvalue weighted by Gasteiger charge is -2.16. The molecular weight excluding hydrogens is 236 g/mol. The molecule has 0 amide bonds. The van der Waals surface area contributed by atoms with Crippen LogP contribution in [0, 0.1) is 0 Å². The second kappa shape index (κ2) is 5.22. The van der Waals surface area contributed by atoms with E-state index in [1.54, 1.807) is 6.07 Å². The minimum absolute atomic E-state index is 0.308. The molecule has 100 valence electrons. The highest BCUT2D eigenvalue weighted by atomic mass is 16.3. The Kier molecular flexibility index (Phi) is 3.65. The molecule has 3 nitrogen and oxygen atoms in total. The number of phenolic OH excluding ortho intramolecular Hbond substituents is 1. The van der Waals surface area contributed by atoms with Gasteiger partial charge >= 0.3 is 0 Å². The van der Waals surface area contributed by atoms with Crippen molar-refractivity contribution in [3.8, 4) is 16.9 Å². The summed E-state index contributed by atoms with van der Waals surface area (Å²) in [5.41, 5.74) is 3.99. The van der Waals surface area contributed by atoms with Crippen molar-refractivity contribution < 1.29 is 5.11 Å². The van der Waals surface area contributed by atoms with Crippen molar-refractivity contribution in [3.63, 3.8) is 0 Å². The topological polar surface area (TPSA) is 26.7 Å². The fraction of sp³-hybridized carbons (Fsp3) is 0.250. The van der Waals surface area contributed by atoms with Crippen molar-refractivity contribution >= 4 is 11.4 Å². The van der Waals surface area contributed by atoms with E-state index in [0.29, 0.717) is 5.75 Å². The van der Waals surface area contributed by atoms with Crippen LogP contribution in [-0.2, 0) is 0 Å². The van der Waals surface area contributed by atoms with Crippen LogP contribution in [0.1, 0.15) is 0 Å². The van der Waals surface area contributed by atoms with Gasteiger partial charge in [0.15, 0.2) is 0 Å². The first-order valence-corrected chi connectivity index (χ1v) is 6.27. The highest BCUT2D eigenvalue weighted by molar-refractivity contribution is 5.75. The number of benzene rings is 2. The van der Waals surface area contributed by atoms with Crippen LogP contribution in [0.3, 0.4) is 0 Å². The third-order valence-corrected chi connectivity index (χ3v) is 3.17. The van der Waals surface area contributed by atoms with Crippen molar-refractivity contribution in [1.29, 1.82) is 0 Å². The Bertz CT molecular complexity index is 577. The molecule has 0 saturated carbocycles. The normalized spacial score (nSPS) is 10.3. The number of aromatic hydroxyl groups is 1. The van der Waals surface area contributed by atoms with Crippen LogP contribution in [0.5, 0.6) is 5.75 Å². The predicted molar refractivity (Wildman–Crippen MR) is 82.2 cm³/mol. The van der Waals surface area contributed by atoms with Crippen molar-refractivity contribution in [2.24, 2.45) is 0 Å². The van der Waals surface area contributed by atoms with E-state index in [1.165, 1.54) is 0 Å². The van der Waals surface area contributed by atoms with E-state index in [-0.39, 0.29) is 0 Å². The van der Waals surface area contributed by atoms with E-state index >= 15 is 0 Å². The van der Waals surface area contributed by atoms with Crippen molar-refractivity contribution in [2.75, 3.05) is 38.0 Å². The van der Waals surface area contributed by atoms with Crippen LogP contribution in [0.15, 0.2) is 42.5 Å². The van der Waals surface area contributed by atoms with Crippen molar-refractivity contribution in [3.05, 3.63) is 42.5 Å². The third kappa shape index (κ3) is 2.81. The number of nitrogens with zero attached hydrogens (tertiary/aromatic N) is 2. The van der Waals surface area contributed by atoms with E-state index in [0.717, 1.165) is 22.5 Å². The molecule has 2 aromatic rings. The number of anilines is 2. The lowest BCUT2D eigenvalue weighted by Crippen LogP contribution is -2.08. The molecule has 0 fully saturated rings. The first-order chi connectivity index (χ1) is 8.99. The molecule has 0 atom stereocenters. The maximum absolute atomic E-state index is 10.2. The van der Waals surface area contributed by atoms with Gasteiger partial charge in [0, 0.05) is 51.2 Å². The molecule has 0 unspecified atom stereocenters. The highest BCUT2D eigenvalue weighted by Crippen LogP contribution is 2.33. The SMILES string of the molecule is CN(C)c1cccc(-c2ccc(N(C)C)cc2O)c1. The second-order valence-electron chi connectivity index (χ2n) is 5.04. The van der Waals surface area contributed by atoms with Gasteiger partial charge in [-0.15, -0.1) is 0 Å². The molecule has 19 heavy (non-hydrogen) atoms. The fourth-order valence-corrected chi connectivity index (χ4v) is 1.99. The van der Waals surface area contributed by atoms with Gasteiger partial charge in [0.25, 0.3) is 0 Å². The van der Waals surface area contributed by atoms with Gasteiger partial charge in [-0.05, 0) is 29.8 Å². The molecule has 1 N–H and O–H groups in total. The Balaban J connectivity index is 2.44. The molecule has 0 radical (unpaired) electrons. The largest absolute Gasteiger partial charge is 0.507 e. The van der Waals surface area contributed by atoms with E-state index in [9.17, 15) is 5.11 Å². The summed E-state index contributed by atoms with van der Waals surface area (Å²) in [5.74, 6) is 0.308. The minimum Gasteiger partial charge on any atom is -0.507 e. The zero-order valence-electron chi connectivity index (χ0n) is 11.9. The molecule has 0 saturated heterocycles. The molecule has 0 aliphatic carbocycles. The summed E-state index contributed by atoms with van der Waals surface area (Å²) >= 11 is 0. The van der Waals surface area contributed by atoms with Gasteiger partial charge in [0.2, 0.25) is 0 Å². The number of phenols is 1. The van der Waals surface area contributed by atoms with Gasteiger partial charge in [0.05, 0.1) is 0 Å². The quantitative estimate of drug-likeness (QED) is 0.913. The Morgan fingerprint density at radius 2 is 1.42 bits per heavy atom. The summed E-state index contributed by atoms with van der Waals surface area (Å²) in [6, 6.07) is 13.9. The summed E-state index contributed by atoms with van der Waals surface area (Å²) in [4.78, 5) is 4.02. The Hall–Kier alpha value is -2.16. The average molecular weight is 256 g/mol. The van der Waals surface area contributed by atoms with E-state index in [4.69, 9.17) is 0 Å². The van der Waals surface area contributed by atoms with Gasteiger partial charge in [0.1, 0.15) is 5.75 Å². The minimum atomic E-state index is 0.308. The van der Waals surface area contributed by atoms with E-state index in [1.807, 2.05) is 57.4 Å². The molecule has 0 aliphatic heterocycles. The number of rotatable bonds is 3. The standard InChI is InChI=1S/C16H20N2O/c1-17(2)13-7-5-6-12(10-13)15-9-8-14(18(3)4)11-16(15)19/h5-11,19H,1-4H3. The van der Waals surface area contributed by atoms with Crippen molar-refractivity contribution in [2.45, 2.75) is 0 Å². The zero-order chi connectivity index (χ0) is 14.0. The van der Waals surface area contributed by atoms with Crippen LogP contribution >= 0.6 is 0 Å². The summed E-state index contributed by atoms with van der Waals surface area (Å²) in [6.07, 6.45) is 0. The van der Waals surface area contributed by atoms with Gasteiger partial charge < -0.3 is 14.9 Å². The van der Waals surface area contributed by atoms with E-state index in [2.05, 4.69) is 17.0 Å². The molecule has 0 heterocycles. The summed E-state index contributed by atoms with van der Waals surface area (Å²) < 4.78 is 0. The molecule has 3 heteroatoms. The van der Waals surface area contributed by atoms with Crippen LogP contribution in [-0.4, -0.2) is 33.3 Å². The molecule has 2 aromatic carbocycles. The van der Waals surface area contributed by atoms with Crippen LogP contribution in [0.4, 0.5) is 11.4 Å². The monoisotopic (exact) mass is 256 g/mol. The number of hydrogen-bond donors (Lipinski definition) is 1. The van der Waals surface area contributed by atoms with Gasteiger partial charge in [-0.1, -0.05) is 12.1 Å². The van der Waals surface area contributed by atoms with Crippen molar-refractivity contribution in [1.82, 2.24) is 0 Å². The smallest absolute Gasteiger partial charge is 0.125 e. The molecule has 0 aliphatic rings. The summed E-state index contributed by atoms with van der Waals surface area (Å²) in [7, 11) is 7.93. The van der Waals surface area contributed by atoms with Crippen LogP contribution in [0.2, 0.25) is 0 Å². The summed E-state index contributed by atoms with van der Waals surface area (Å²) in [5, 5.41) is 10.2. The maximum Gasteiger partial charge on any atom is 0.125 e. The van der Waals surface area contributed by atoms with Gasteiger partial charge in [-0.25, -0.2) is 0 Å². The second-order valence-corrected chi connectivity index (χ2v) is 5.04. The van der Waals surface area contributed by atoms with E-state index < -0.39 is 0 Å². The molecular formula is C16H20N2O. The van der Waals surface area contributed by atoms with Gasteiger partial charge in [-0.3, -0.25) is 0 Å². The first kappa shape index (κ1) is 13.3. The maximum atomic E-state index is 10.2. The first-order valence-electron chi connectivity index (χ1n) is 6.27. The highest BCUT2D eigenvalue weighted by Gasteiger charge is 2.07. The van der Waals surface area contributed by atoms with Gasteiger partial charge in [-0.2, -0.15) is 0 Å². The molecule has 2 rings (SSSR count). The molecule has 0 bridgehead atoms. The predicted octanol–water partition coefficient (Wildman–Crippen LogP) is 3.19. The fourth-order valence-electron chi connectivity index (χ4n) is 1.99. The molecule has 0 spiro atoms. The third-order valence-electron chi connectivity index (χ3n) is 3.17. The average Bonchev–Trinajstić information content (AvgIpc) is 2.38. The lowest BCUT2D eigenvalue weighted by atomic mass is 10.0. The Morgan fingerprint density at radius 3 is 2.00 bits per heavy atom. The molecule has 0 aromatic heterocycles. The zero-order valence-corrected chi connectivity index (χ0v) is 11.9. The Morgan fingerprint density at radius 1 is 0.789 bits per heavy atom. The van der Waals surface area contributed by atoms with Crippen LogP contribution < -0.4 is 9.80 Å². The summed E-state index contributed by atoms with van der Waals surface area (Å²) in [6.45, 7) is 0.